The summed E-state index contributed by atoms with van der Waals surface area (Å²) in [6, 6.07) is 12.9. The van der Waals surface area contributed by atoms with Gasteiger partial charge in [-0.1, -0.05) is 29.3 Å². The molecule has 1 atom stereocenters. The minimum absolute atomic E-state index is 0.0291. The van der Waals surface area contributed by atoms with Crippen LogP contribution in [0.25, 0.3) is 0 Å². The number of nitriles is 1. The van der Waals surface area contributed by atoms with Crippen molar-refractivity contribution in [3.63, 3.8) is 0 Å². The average Bonchev–Trinajstić information content (AvgIpc) is 2.77. The Morgan fingerprint density at radius 1 is 0.971 bits per heavy atom. The maximum absolute atomic E-state index is 13.6. The molecule has 0 radical (unpaired) electrons. The van der Waals surface area contributed by atoms with Crippen molar-refractivity contribution in [2.75, 3.05) is 10.6 Å². The van der Waals surface area contributed by atoms with Gasteiger partial charge in [-0.25, -0.2) is 8.78 Å². The number of hydrogen-bond donors (Lipinski definition) is 2. The van der Waals surface area contributed by atoms with Crippen LogP contribution in [-0.4, -0.2) is 16.1 Å². The van der Waals surface area contributed by atoms with Gasteiger partial charge in [-0.05, 0) is 61.0 Å². The van der Waals surface area contributed by atoms with Gasteiger partial charge in [0, 0.05) is 5.69 Å². The van der Waals surface area contributed by atoms with Crippen LogP contribution in [0, 0.1) is 23.0 Å². The highest BCUT2D eigenvalue weighted by molar-refractivity contribution is 6.50. The standard InChI is InChI=1S/C24H15Cl4F2N3O2/c1-24(27,28)21(12-2-6-19(30)18(26)9-12)23(35)32-15-4-5-17(25)16(10-15)22(34)33-20-7-3-14(29)8-13(20)11-31/h2-10,21H,1H3,(H,32,35)(H,33,34). The third-order valence-electron chi connectivity index (χ3n) is 4.87. The van der Waals surface area contributed by atoms with Crippen molar-refractivity contribution in [1.29, 1.82) is 5.26 Å². The summed E-state index contributed by atoms with van der Waals surface area (Å²) in [6.45, 7) is 1.40. The predicted molar refractivity (Wildman–Crippen MR) is 133 cm³/mol. The Hall–Kier alpha value is -2.89. The molecular formula is C24H15Cl4F2N3O2. The smallest absolute Gasteiger partial charge is 0.257 e. The van der Waals surface area contributed by atoms with Gasteiger partial charge in [0.2, 0.25) is 5.91 Å². The molecule has 2 N–H and O–H groups in total. The molecule has 0 aromatic heterocycles. The number of anilines is 2. The van der Waals surface area contributed by atoms with Gasteiger partial charge in [0.1, 0.15) is 22.0 Å². The summed E-state index contributed by atoms with van der Waals surface area (Å²) in [6.07, 6.45) is 0. The number of nitrogens with zero attached hydrogens (tertiary/aromatic N) is 1. The van der Waals surface area contributed by atoms with Crippen LogP contribution in [0.5, 0.6) is 0 Å². The van der Waals surface area contributed by atoms with E-state index in [1.54, 1.807) is 6.07 Å². The molecule has 0 aliphatic heterocycles. The highest BCUT2D eigenvalue weighted by atomic mass is 35.5. The van der Waals surface area contributed by atoms with Gasteiger partial charge in [-0.3, -0.25) is 9.59 Å². The minimum atomic E-state index is -1.60. The Morgan fingerprint density at radius 2 is 1.69 bits per heavy atom. The van der Waals surface area contributed by atoms with Crippen LogP contribution in [0.2, 0.25) is 10.0 Å². The first-order chi connectivity index (χ1) is 16.4. The first-order valence-electron chi connectivity index (χ1n) is 9.85. The maximum Gasteiger partial charge on any atom is 0.257 e. The number of carbonyl (C=O) groups is 2. The van der Waals surface area contributed by atoms with E-state index < -0.39 is 33.7 Å². The van der Waals surface area contributed by atoms with E-state index in [9.17, 15) is 23.6 Å². The lowest BCUT2D eigenvalue weighted by Gasteiger charge is -2.26. The predicted octanol–water partition coefficient (Wildman–Crippen LogP) is 7.31. The van der Waals surface area contributed by atoms with Crippen LogP contribution in [-0.2, 0) is 4.79 Å². The summed E-state index contributed by atoms with van der Waals surface area (Å²) in [7, 11) is 0. The molecule has 3 aromatic carbocycles. The molecule has 0 saturated carbocycles. The Morgan fingerprint density at radius 3 is 2.31 bits per heavy atom. The first kappa shape index (κ1) is 26.7. The van der Waals surface area contributed by atoms with Crippen LogP contribution >= 0.6 is 46.4 Å². The summed E-state index contributed by atoms with van der Waals surface area (Å²) in [5, 5.41) is 14.1. The van der Waals surface area contributed by atoms with Gasteiger partial charge in [0.15, 0.2) is 0 Å². The van der Waals surface area contributed by atoms with E-state index in [4.69, 9.17) is 46.4 Å². The van der Waals surface area contributed by atoms with E-state index in [-0.39, 0.29) is 38.1 Å². The fraction of sp³-hybridized carbons (Fsp3) is 0.125. The normalized spacial score (nSPS) is 11.9. The number of carbonyl (C=O) groups excluding carboxylic acids is 2. The maximum atomic E-state index is 13.6. The second-order valence-electron chi connectivity index (χ2n) is 7.50. The highest BCUT2D eigenvalue weighted by Crippen LogP contribution is 2.39. The molecule has 3 aromatic rings. The molecule has 180 valence electrons. The average molecular weight is 557 g/mol. The Kier molecular flexibility index (Phi) is 8.24. The molecule has 0 saturated heterocycles. The molecule has 0 fully saturated rings. The first-order valence-corrected chi connectivity index (χ1v) is 11.4. The van der Waals surface area contributed by atoms with Gasteiger partial charge >= 0.3 is 0 Å². The molecule has 0 bridgehead atoms. The van der Waals surface area contributed by atoms with Crippen LogP contribution < -0.4 is 10.6 Å². The van der Waals surface area contributed by atoms with Crippen LogP contribution in [0.3, 0.4) is 0 Å². The Labute approximate surface area is 219 Å². The Bertz CT molecular complexity index is 1350. The number of rotatable bonds is 6. The van der Waals surface area contributed by atoms with Crippen molar-refractivity contribution < 1.29 is 18.4 Å². The molecule has 11 heteroatoms. The molecule has 5 nitrogen and oxygen atoms in total. The molecular weight excluding hydrogens is 542 g/mol. The van der Waals surface area contributed by atoms with Crippen molar-refractivity contribution in [1.82, 2.24) is 0 Å². The quantitative estimate of drug-likeness (QED) is 0.312. The molecule has 0 spiro atoms. The fourth-order valence-electron chi connectivity index (χ4n) is 3.27. The monoisotopic (exact) mass is 555 g/mol. The van der Waals surface area contributed by atoms with Gasteiger partial charge in [-0.2, -0.15) is 5.26 Å². The fourth-order valence-corrected chi connectivity index (χ4v) is 4.11. The number of amides is 2. The zero-order chi connectivity index (χ0) is 25.9. The van der Waals surface area contributed by atoms with Crippen molar-refractivity contribution in [2.24, 2.45) is 0 Å². The number of hydrogen-bond acceptors (Lipinski definition) is 3. The van der Waals surface area contributed by atoms with E-state index in [2.05, 4.69) is 10.6 Å². The van der Waals surface area contributed by atoms with Crippen molar-refractivity contribution >= 4 is 69.6 Å². The summed E-state index contributed by atoms with van der Waals surface area (Å²) < 4.78 is 25.4. The van der Waals surface area contributed by atoms with Gasteiger partial charge in [0.05, 0.1) is 32.8 Å². The van der Waals surface area contributed by atoms with Crippen LogP contribution in [0.4, 0.5) is 20.2 Å². The topological polar surface area (TPSA) is 82.0 Å². The molecule has 0 aliphatic rings. The number of nitrogens with one attached hydrogen (secondary N) is 2. The largest absolute Gasteiger partial charge is 0.325 e. The number of halogens is 6. The lowest BCUT2D eigenvalue weighted by atomic mass is 9.94. The number of benzene rings is 3. The van der Waals surface area contributed by atoms with Gasteiger partial charge in [0.25, 0.3) is 5.91 Å². The molecule has 0 heterocycles. The van der Waals surface area contributed by atoms with E-state index in [0.29, 0.717) is 0 Å². The van der Waals surface area contributed by atoms with Gasteiger partial charge in [-0.15, -0.1) is 23.2 Å². The third-order valence-corrected chi connectivity index (χ3v) is 5.93. The third kappa shape index (κ3) is 6.41. The van der Waals surface area contributed by atoms with E-state index in [1.165, 1.54) is 43.3 Å². The zero-order valence-corrected chi connectivity index (χ0v) is 20.8. The molecule has 0 aliphatic carbocycles. The van der Waals surface area contributed by atoms with Crippen LogP contribution in [0.1, 0.15) is 34.3 Å². The second kappa shape index (κ2) is 10.8. The van der Waals surface area contributed by atoms with E-state index >= 15 is 0 Å². The SMILES string of the molecule is CC(Cl)(Cl)C(C(=O)Nc1ccc(Cl)c(C(=O)Nc2ccc(F)cc2C#N)c1)c1ccc(F)c(Cl)c1. The molecule has 3 rings (SSSR count). The number of alkyl halides is 2. The Balaban J connectivity index is 1.88. The lowest BCUT2D eigenvalue weighted by molar-refractivity contribution is -0.117. The van der Waals surface area contributed by atoms with Crippen LogP contribution in [0.15, 0.2) is 54.6 Å². The molecule has 2 amide bonds. The van der Waals surface area contributed by atoms with Gasteiger partial charge < -0.3 is 10.6 Å². The lowest BCUT2D eigenvalue weighted by Crippen LogP contribution is -2.32. The summed E-state index contributed by atoms with van der Waals surface area (Å²) in [5.41, 5.74) is 0.424. The summed E-state index contributed by atoms with van der Waals surface area (Å²) >= 11 is 24.5. The minimum Gasteiger partial charge on any atom is -0.325 e. The van der Waals surface area contributed by atoms with E-state index in [1.807, 2.05) is 0 Å². The van der Waals surface area contributed by atoms with Crippen molar-refractivity contribution in [2.45, 2.75) is 17.2 Å². The summed E-state index contributed by atoms with van der Waals surface area (Å²) in [5.74, 6) is -3.82. The molecule has 35 heavy (non-hydrogen) atoms. The zero-order valence-electron chi connectivity index (χ0n) is 17.8. The second-order valence-corrected chi connectivity index (χ2v) is 10.1. The molecule has 1 unspecified atom stereocenters. The van der Waals surface area contributed by atoms with Crippen molar-refractivity contribution in [3.05, 3.63) is 93.0 Å². The van der Waals surface area contributed by atoms with Crippen molar-refractivity contribution in [3.8, 4) is 6.07 Å². The highest BCUT2D eigenvalue weighted by Gasteiger charge is 2.37. The van der Waals surface area contributed by atoms with E-state index in [0.717, 1.165) is 18.2 Å². The summed E-state index contributed by atoms with van der Waals surface area (Å²) in [4.78, 5) is 25.9.